The Morgan fingerprint density at radius 1 is 1.15 bits per heavy atom. The maximum absolute atomic E-state index is 13.1. The number of rotatable bonds is 8. The first kappa shape index (κ1) is 20.7. The van der Waals surface area contributed by atoms with Gasteiger partial charge < -0.3 is 18.9 Å². The van der Waals surface area contributed by atoms with Crippen molar-refractivity contribution in [2.75, 3.05) is 33.4 Å². The number of hydrogen-bond donors (Lipinski definition) is 0. The number of carbonyl (C=O) groups is 2. The van der Waals surface area contributed by atoms with Crippen molar-refractivity contribution < 1.29 is 19.1 Å². The molecule has 6 nitrogen and oxygen atoms in total. The molecule has 0 N–H and O–H groups in total. The van der Waals surface area contributed by atoms with Gasteiger partial charge in [-0.05, 0) is 51.5 Å². The zero-order valence-electron chi connectivity index (χ0n) is 16.7. The highest BCUT2D eigenvalue weighted by molar-refractivity contribution is 5.97. The molecule has 2 aromatic rings. The van der Waals surface area contributed by atoms with Crippen molar-refractivity contribution in [1.29, 1.82) is 0 Å². The van der Waals surface area contributed by atoms with Crippen LogP contribution in [0.25, 0.3) is 5.69 Å². The lowest BCUT2D eigenvalue weighted by Crippen LogP contribution is -2.38. The summed E-state index contributed by atoms with van der Waals surface area (Å²) in [6.07, 6.45) is 0. The molecule has 0 atom stereocenters. The zero-order valence-corrected chi connectivity index (χ0v) is 16.7. The minimum atomic E-state index is -0.422. The fraction of sp³-hybridized carbons (Fsp3) is 0.429. The molecular weight excluding hydrogens is 344 g/mol. The first-order valence-corrected chi connectivity index (χ1v) is 9.08. The van der Waals surface area contributed by atoms with Gasteiger partial charge in [0.05, 0.1) is 18.8 Å². The summed E-state index contributed by atoms with van der Waals surface area (Å²) in [4.78, 5) is 26.5. The van der Waals surface area contributed by atoms with E-state index in [1.54, 1.807) is 14.0 Å². The van der Waals surface area contributed by atoms with E-state index in [0.29, 0.717) is 18.7 Å². The summed E-state index contributed by atoms with van der Waals surface area (Å²) >= 11 is 0. The molecule has 0 spiro atoms. The van der Waals surface area contributed by atoms with E-state index in [-0.39, 0.29) is 19.1 Å². The fourth-order valence-corrected chi connectivity index (χ4v) is 3.13. The Morgan fingerprint density at radius 3 is 2.52 bits per heavy atom. The Kier molecular flexibility index (Phi) is 7.19. The monoisotopic (exact) mass is 372 g/mol. The van der Waals surface area contributed by atoms with Gasteiger partial charge in [-0.2, -0.15) is 0 Å². The van der Waals surface area contributed by atoms with Crippen molar-refractivity contribution >= 4 is 11.9 Å². The van der Waals surface area contributed by atoms with Crippen LogP contribution in [0.4, 0.5) is 0 Å². The van der Waals surface area contributed by atoms with Crippen LogP contribution >= 0.6 is 0 Å². The molecule has 0 aliphatic rings. The highest BCUT2D eigenvalue weighted by Gasteiger charge is 2.24. The summed E-state index contributed by atoms with van der Waals surface area (Å²) in [7, 11) is 1.57. The van der Waals surface area contributed by atoms with Gasteiger partial charge in [-0.3, -0.25) is 9.59 Å². The van der Waals surface area contributed by atoms with Crippen molar-refractivity contribution in [3.63, 3.8) is 0 Å². The molecule has 0 saturated heterocycles. The molecule has 0 bridgehead atoms. The number of benzene rings is 1. The van der Waals surface area contributed by atoms with Crippen LogP contribution in [0, 0.1) is 20.8 Å². The molecule has 0 aliphatic carbocycles. The third-order valence-corrected chi connectivity index (χ3v) is 4.40. The van der Waals surface area contributed by atoms with Crippen LogP contribution in [0.1, 0.15) is 34.2 Å². The van der Waals surface area contributed by atoms with Gasteiger partial charge in [-0.15, -0.1) is 0 Å². The topological polar surface area (TPSA) is 60.8 Å². The largest absolute Gasteiger partial charge is 0.465 e. The molecule has 0 unspecified atom stereocenters. The predicted octanol–water partition coefficient (Wildman–Crippen LogP) is 3.05. The van der Waals surface area contributed by atoms with Crippen LogP contribution in [0.15, 0.2) is 30.3 Å². The molecule has 1 heterocycles. The van der Waals surface area contributed by atoms with Gasteiger partial charge in [-0.25, -0.2) is 0 Å². The Bertz CT molecular complexity index is 811. The summed E-state index contributed by atoms with van der Waals surface area (Å²) in [6.45, 7) is 8.53. The maximum Gasteiger partial charge on any atom is 0.325 e. The Labute approximate surface area is 160 Å². The van der Waals surface area contributed by atoms with Gasteiger partial charge in [0.2, 0.25) is 0 Å². The first-order valence-electron chi connectivity index (χ1n) is 9.08. The lowest BCUT2D eigenvalue weighted by Gasteiger charge is -2.21. The van der Waals surface area contributed by atoms with E-state index in [2.05, 4.69) is 10.6 Å². The molecular formula is C21H28N2O4. The molecule has 2 rings (SSSR count). The third-order valence-electron chi connectivity index (χ3n) is 4.40. The number of carbonyl (C=O) groups excluding carboxylic acids is 2. The van der Waals surface area contributed by atoms with Crippen molar-refractivity contribution in [2.45, 2.75) is 27.7 Å². The van der Waals surface area contributed by atoms with Crippen molar-refractivity contribution in [1.82, 2.24) is 9.47 Å². The number of aromatic nitrogens is 1. The van der Waals surface area contributed by atoms with Crippen LogP contribution in [-0.2, 0) is 14.3 Å². The van der Waals surface area contributed by atoms with E-state index < -0.39 is 5.97 Å². The van der Waals surface area contributed by atoms with E-state index in [1.807, 2.05) is 45.0 Å². The predicted molar refractivity (Wildman–Crippen MR) is 104 cm³/mol. The smallest absolute Gasteiger partial charge is 0.325 e. The van der Waals surface area contributed by atoms with Crippen molar-refractivity contribution in [3.8, 4) is 5.69 Å². The van der Waals surface area contributed by atoms with Gasteiger partial charge in [0.25, 0.3) is 5.91 Å². The number of aryl methyl sites for hydroxylation is 2. The molecule has 27 heavy (non-hydrogen) atoms. The molecule has 146 valence electrons. The fourth-order valence-electron chi connectivity index (χ4n) is 3.13. The van der Waals surface area contributed by atoms with Gasteiger partial charge in [0.15, 0.2) is 0 Å². The van der Waals surface area contributed by atoms with Gasteiger partial charge in [0, 0.05) is 30.7 Å². The number of ether oxygens (including phenoxy) is 2. The second-order valence-corrected chi connectivity index (χ2v) is 6.48. The van der Waals surface area contributed by atoms with E-state index in [0.717, 1.165) is 22.6 Å². The van der Waals surface area contributed by atoms with Gasteiger partial charge in [-0.1, -0.05) is 12.1 Å². The molecule has 0 aliphatic heterocycles. The van der Waals surface area contributed by atoms with Crippen LogP contribution in [0.3, 0.4) is 0 Å². The van der Waals surface area contributed by atoms with E-state index in [1.165, 1.54) is 4.90 Å². The number of amides is 1. The lowest BCUT2D eigenvalue weighted by molar-refractivity contribution is -0.143. The maximum atomic E-state index is 13.1. The van der Waals surface area contributed by atoms with E-state index in [4.69, 9.17) is 9.47 Å². The standard InChI is InChI=1S/C21H28N2O4/c1-6-27-20(24)14-22(10-11-26-5)21(25)19-13-16(3)23(17(19)4)18-9-7-8-15(2)12-18/h7-9,12-13H,6,10-11,14H2,1-5H3. The lowest BCUT2D eigenvalue weighted by atomic mass is 10.2. The van der Waals surface area contributed by atoms with Crippen molar-refractivity contribution in [3.05, 3.63) is 52.8 Å². The SMILES string of the molecule is CCOC(=O)CN(CCOC)C(=O)c1cc(C)n(-c2cccc(C)c2)c1C. The van der Waals surface area contributed by atoms with Crippen LogP contribution in [-0.4, -0.2) is 54.8 Å². The zero-order chi connectivity index (χ0) is 20.0. The quantitative estimate of drug-likeness (QED) is 0.668. The minimum absolute atomic E-state index is 0.0931. The summed E-state index contributed by atoms with van der Waals surface area (Å²) in [5.74, 6) is -0.624. The Morgan fingerprint density at radius 2 is 1.89 bits per heavy atom. The molecule has 1 aromatic heterocycles. The Hall–Kier alpha value is -2.60. The molecule has 1 amide bonds. The molecule has 0 saturated carbocycles. The summed E-state index contributed by atoms with van der Waals surface area (Å²) in [5, 5.41) is 0. The second-order valence-electron chi connectivity index (χ2n) is 6.48. The Balaban J connectivity index is 2.35. The van der Waals surface area contributed by atoms with Crippen molar-refractivity contribution in [2.24, 2.45) is 0 Å². The highest BCUT2D eigenvalue weighted by Crippen LogP contribution is 2.22. The number of hydrogen-bond acceptors (Lipinski definition) is 4. The van der Waals surface area contributed by atoms with E-state index in [9.17, 15) is 9.59 Å². The summed E-state index contributed by atoms with van der Waals surface area (Å²) in [6, 6.07) is 10.00. The van der Waals surface area contributed by atoms with Crippen LogP contribution in [0.5, 0.6) is 0 Å². The number of methoxy groups -OCH3 is 1. The average Bonchev–Trinajstić information content (AvgIpc) is 2.92. The van der Waals surface area contributed by atoms with Crippen LogP contribution < -0.4 is 0 Å². The number of esters is 1. The van der Waals surface area contributed by atoms with Crippen LogP contribution in [0.2, 0.25) is 0 Å². The number of nitrogens with zero attached hydrogens (tertiary/aromatic N) is 2. The molecule has 6 heteroatoms. The highest BCUT2D eigenvalue weighted by atomic mass is 16.5. The molecule has 0 fully saturated rings. The normalized spacial score (nSPS) is 10.7. The average molecular weight is 372 g/mol. The second kappa shape index (κ2) is 9.37. The summed E-state index contributed by atoms with van der Waals surface area (Å²) in [5.41, 5.74) is 4.54. The van der Waals surface area contributed by atoms with Gasteiger partial charge in [0.1, 0.15) is 6.54 Å². The first-order chi connectivity index (χ1) is 12.9. The molecule has 0 radical (unpaired) electrons. The van der Waals surface area contributed by atoms with Gasteiger partial charge >= 0.3 is 5.97 Å². The molecule has 1 aromatic carbocycles. The summed E-state index contributed by atoms with van der Waals surface area (Å²) < 4.78 is 12.1. The third kappa shape index (κ3) is 4.98. The minimum Gasteiger partial charge on any atom is -0.465 e. The van der Waals surface area contributed by atoms with E-state index >= 15 is 0 Å².